The maximum atomic E-state index is 4.07. The molecule has 1 heterocycles. The van der Waals surface area contributed by atoms with E-state index in [0.717, 1.165) is 5.69 Å². The fraction of sp³-hybridized carbons (Fsp3) is 0.111. The minimum absolute atomic E-state index is 1.13. The molecule has 2 aromatic rings. The summed E-state index contributed by atoms with van der Waals surface area (Å²) < 4.78 is 3.74. The molecule has 0 amide bonds. The molecular weight excluding hydrogens is 150 g/mol. The summed E-state index contributed by atoms with van der Waals surface area (Å²) in [5.41, 5.74) is 1.13. The van der Waals surface area contributed by atoms with E-state index in [1.54, 1.807) is 11.0 Å². The highest BCUT2D eigenvalue weighted by Gasteiger charge is 2.01. The van der Waals surface area contributed by atoms with Gasteiger partial charge in [-0.05, 0) is 12.1 Å². The van der Waals surface area contributed by atoms with E-state index in [0.29, 0.717) is 0 Å². The number of hydrogen-bond acceptors (Lipinski definition) is 1. The SMILES string of the molecule is Cn1c[n+](-c2ccccc2)cn1. The van der Waals surface area contributed by atoms with Crippen molar-refractivity contribution in [2.75, 3.05) is 0 Å². The average Bonchev–Trinajstić information content (AvgIpc) is 2.54. The first-order valence-electron chi connectivity index (χ1n) is 3.81. The Kier molecular flexibility index (Phi) is 1.63. The summed E-state index contributed by atoms with van der Waals surface area (Å²) in [7, 11) is 1.90. The van der Waals surface area contributed by atoms with E-state index in [-0.39, 0.29) is 0 Å². The molecule has 0 N–H and O–H groups in total. The minimum atomic E-state index is 1.13. The summed E-state index contributed by atoms with van der Waals surface area (Å²) in [4.78, 5) is 0. The zero-order valence-corrected chi connectivity index (χ0v) is 6.88. The smallest absolute Gasteiger partial charge is 0.203 e. The summed E-state index contributed by atoms with van der Waals surface area (Å²) in [6, 6.07) is 10.1. The van der Waals surface area contributed by atoms with Gasteiger partial charge in [0.2, 0.25) is 6.33 Å². The Morgan fingerprint density at radius 2 is 2.00 bits per heavy atom. The van der Waals surface area contributed by atoms with Gasteiger partial charge in [0.25, 0.3) is 6.33 Å². The quantitative estimate of drug-likeness (QED) is 0.563. The van der Waals surface area contributed by atoms with Crippen LogP contribution in [0.25, 0.3) is 5.69 Å². The predicted octanol–water partition coefficient (Wildman–Crippen LogP) is 0.697. The van der Waals surface area contributed by atoms with Crippen LogP contribution >= 0.6 is 0 Å². The molecule has 0 aliphatic rings. The molecule has 0 fully saturated rings. The fourth-order valence-corrected chi connectivity index (χ4v) is 1.11. The molecule has 3 nitrogen and oxygen atoms in total. The van der Waals surface area contributed by atoms with Crippen LogP contribution < -0.4 is 4.57 Å². The molecule has 0 radical (unpaired) electrons. The van der Waals surface area contributed by atoms with E-state index < -0.39 is 0 Å². The third-order valence-electron chi connectivity index (χ3n) is 1.70. The van der Waals surface area contributed by atoms with Crippen LogP contribution in [0.15, 0.2) is 43.0 Å². The van der Waals surface area contributed by atoms with Gasteiger partial charge in [0.1, 0.15) is 5.69 Å². The molecule has 0 aliphatic heterocycles. The number of para-hydroxylation sites is 1. The number of nitrogens with zero attached hydrogens (tertiary/aromatic N) is 3. The first-order chi connectivity index (χ1) is 5.86. The highest BCUT2D eigenvalue weighted by molar-refractivity contribution is 5.20. The summed E-state index contributed by atoms with van der Waals surface area (Å²) in [6.45, 7) is 0. The molecule has 2 rings (SSSR count). The zero-order chi connectivity index (χ0) is 8.39. The first kappa shape index (κ1) is 7.03. The van der Waals surface area contributed by atoms with Gasteiger partial charge in [0.05, 0.1) is 7.05 Å². The summed E-state index contributed by atoms with van der Waals surface area (Å²) in [6.07, 6.45) is 3.71. The molecule has 60 valence electrons. The second-order valence-electron chi connectivity index (χ2n) is 2.66. The first-order valence-corrected chi connectivity index (χ1v) is 3.81. The summed E-state index contributed by atoms with van der Waals surface area (Å²) in [5.74, 6) is 0. The van der Waals surface area contributed by atoms with Crippen LogP contribution in [-0.4, -0.2) is 9.78 Å². The second-order valence-corrected chi connectivity index (χ2v) is 2.66. The van der Waals surface area contributed by atoms with Crippen molar-refractivity contribution in [2.45, 2.75) is 0 Å². The predicted molar refractivity (Wildman–Crippen MR) is 44.7 cm³/mol. The van der Waals surface area contributed by atoms with Gasteiger partial charge in [-0.2, -0.15) is 0 Å². The Hall–Kier alpha value is -1.64. The lowest BCUT2D eigenvalue weighted by molar-refractivity contribution is -0.596. The van der Waals surface area contributed by atoms with Crippen LogP contribution in [-0.2, 0) is 7.05 Å². The highest BCUT2D eigenvalue weighted by Crippen LogP contribution is 1.95. The van der Waals surface area contributed by atoms with Crippen LogP contribution in [0.1, 0.15) is 0 Å². The van der Waals surface area contributed by atoms with Crippen LogP contribution in [0, 0.1) is 0 Å². The molecule has 0 saturated carbocycles. The highest BCUT2D eigenvalue weighted by atomic mass is 15.3. The maximum Gasteiger partial charge on any atom is 0.270 e. The van der Waals surface area contributed by atoms with E-state index in [1.165, 1.54) is 0 Å². The normalized spacial score (nSPS) is 10.1. The van der Waals surface area contributed by atoms with Gasteiger partial charge in [-0.25, -0.2) is 4.57 Å². The Bertz CT molecular complexity index is 364. The Morgan fingerprint density at radius 1 is 1.25 bits per heavy atom. The number of benzene rings is 1. The standard InChI is InChI=1S/C9H10N3/c1-11-8-12(7-10-11)9-5-3-2-4-6-9/h2-8H,1H3/q+1. The summed E-state index contributed by atoms with van der Waals surface area (Å²) >= 11 is 0. The number of rotatable bonds is 1. The van der Waals surface area contributed by atoms with Crippen molar-refractivity contribution >= 4 is 0 Å². The van der Waals surface area contributed by atoms with Crippen LogP contribution in [0.3, 0.4) is 0 Å². The maximum absolute atomic E-state index is 4.07. The van der Waals surface area contributed by atoms with Crippen LogP contribution in [0.5, 0.6) is 0 Å². The van der Waals surface area contributed by atoms with Crippen molar-refractivity contribution in [2.24, 2.45) is 7.05 Å². The van der Waals surface area contributed by atoms with Gasteiger partial charge >= 0.3 is 0 Å². The minimum Gasteiger partial charge on any atom is -0.203 e. The molecule has 0 saturated heterocycles. The lowest BCUT2D eigenvalue weighted by atomic mass is 10.3. The van der Waals surface area contributed by atoms with E-state index in [1.807, 2.05) is 48.3 Å². The van der Waals surface area contributed by atoms with Gasteiger partial charge in [-0.1, -0.05) is 18.2 Å². The third kappa shape index (κ3) is 1.21. The third-order valence-corrected chi connectivity index (χ3v) is 1.70. The lowest BCUT2D eigenvalue weighted by Crippen LogP contribution is -2.27. The molecule has 1 aromatic carbocycles. The van der Waals surface area contributed by atoms with Crippen LogP contribution in [0.4, 0.5) is 0 Å². The molecule has 1 aromatic heterocycles. The van der Waals surface area contributed by atoms with Gasteiger partial charge in [0.15, 0.2) is 0 Å². The van der Waals surface area contributed by atoms with Gasteiger partial charge in [0, 0.05) is 5.10 Å². The Labute approximate surface area is 70.9 Å². The zero-order valence-electron chi connectivity index (χ0n) is 6.88. The van der Waals surface area contributed by atoms with E-state index in [2.05, 4.69) is 5.10 Å². The second kappa shape index (κ2) is 2.77. The molecule has 0 bridgehead atoms. The van der Waals surface area contributed by atoms with Crippen molar-refractivity contribution in [3.8, 4) is 5.69 Å². The van der Waals surface area contributed by atoms with Crippen molar-refractivity contribution < 1.29 is 4.57 Å². The van der Waals surface area contributed by atoms with Crippen molar-refractivity contribution in [3.63, 3.8) is 0 Å². The van der Waals surface area contributed by atoms with Crippen molar-refractivity contribution in [1.82, 2.24) is 9.78 Å². The number of hydrogen-bond donors (Lipinski definition) is 0. The van der Waals surface area contributed by atoms with Gasteiger partial charge in [-0.3, -0.25) is 0 Å². The van der Waals surface area contributed by atoms with Crippen molar-refractivity contribution in [1.29, 1.82) is 0 Å². The molecule has 3 heteroatoms. The average molecular weight is 160 g/mol. The summed E-state index contributed by atoms with van der Waals surface area (Å²) in [5, 5.41) is 4.07. The fourth-order valence-electron chi connectivity index (χ4n) is 1.11. The topological polar surface area (TPSA) is 21.7 Å². The van der Waals surface area contributed by atoms with Gasteiger partial charge in [-0.15, -0.1) is 4.68 Å². The van der Waals surface area contributed by atoms with Crippen molar-refractivity contribution in [3.05, 3.63) is 43.0 Å². The number of aryl methyl sites for hydroxylation is 1. The van der Waals surface area contributed by atoms with Crippen LogP contribution in [0.2, 0.25) is 0 Å². The monoisotopic (exact) mass is 160 g/mol. The van der Waals surface area contributed by atoms with E-state index >= 15 is 0 Å². The molecule has 12 heavy (non-hydrogen) atoms. The number of aromatic nitrogens is 3. The molecule has 0 unspecified atom stereocenters. The molecule has 0 atom stereocenters. The largest absolute Gasteiger partial charge is 0.270 e. The molecular formula is C9H10N3+. The molecule has 0 aliphatic carbocycles. The molecule has 0 spiro atoms. The van der Waals surface area contributed by atoms with Gasteiger partial charge < -0.3 is 0 Å². The lowest BCUT2D eigenvalue weighted by Gasteiger charge is -1.92. The van der Waals surface area contributed by atoms with E-state index in [4.69, 9.17) is 0 Å². The van der Waals surface area contributed by atoms with E-state index in [9.17, 15) is 0 Å². The Balaban J connectivity index is 2.45. The Morgan fingerprint density at radius 3 is 2.58 bits per heavy atom.